The van der Waals surface area contributed by atoms with E-state index in [1.165, 1.54) is 0 Å². The minimum Gasteiger partial charge on any atom is -0.457 e. The molecule has 0 aliphatic heterocycles. The average molecular weight is 437 g/mol. The van der Waals surface area contributed by atoms with E-state index in [9.17, 15) is 9.59 Å². The van der Waals surface area contributed by atoms with Crippen LogP contribution in [-0.2, 0) is 0 Å². The molecule has 6 nitrogen and oxygen atoms in total. The van der Waals surface area contributed by atoms with Crippen LogP contribution in [0.1, 0.15) is 26.3 Å². The van der Waals surface area contributed by atoms with Gasteiger partial charge in [0.1, 0.15) is 11.5 Å². The van der Waals surface area contributed by atoms with Crippen molar-refractivity contribution in [1.82, 2.24) is 0 Å². The van der Waals surface area contributed by atoms with Crippen LogP contribution in [0.15, 0.2) is 97.1 Å². The van der Waals surface area contributed by atoms with Gasteiger partial charge in [-0.2, -0.15) is 0 Å². The van der Waals surface area contributed by atoms with Gasteiger partial charge < -0.3 is 21.1 Å². The number of carbonyl (C=O) groups is 2. The molecule has 0 aliphatic carbocycles. The molecule has 0 fully saturated rings. The molecule has 0 heterocycles. The Morgan fingerprint density at radius 2 is 1.24 bits per heavy atom. The standard InChI is InChI=1S/C27H23N3O3/c1-18-5-13-24(14-6-18)33-25-15-11-22(12-16-25)29-27(32)20-3-2-4-23(17-20)30-26(31)19-7-9-21(28)10-8-19/h2-17H,28H2,1H3,(H,29,32)(H,30,31). The molecule has 33 heavy (non-hydrogen) atoms. The topological polar surface area (TPSA) is 93.5 Å². The number of aryl methyl sites for hydroxylation is 1. The molecule has 0 saturated carbocycles. The maximum absolute atomic E-state index is 12.7. The van der Waals surface area contributed by atoms with Gasteiger partial charge in [-0.25, -0.2) is 0 Å². The SMILES string of the molecule is Cc1ccc(Oc2ccc(NC(=O)c3cccc(NC(=O)c4ccc(N)cc4)c3)cc2)cc1. The fourth-order valence-corrected chi connectivity index (χ4v) is 3.13. The van der Waals surface area contributed by atoms with Gasteiger partial charge in [-0.15, -0.1) is 0 Å². The monoisotopic (exact) mass is 437 g/mol. The first-order valence-electron chi connectivity index (χ1n) is 10.4. The highest BCUT2D eigenvalue weighted by Gasteiger charge is 2.10. The number of benzene rings is 4. The van der Waals surface area contributed by atoms with E-state index in [1.807, 2.05) is 31.2 Å². The lowest BCUT2D eigenvalue weighted by molar-refractivity contribution is 0.101. The molecule has 0 radical (unpaired) electrons. The molecule has 4 rings (SSSR count). The number of amides is 2. The van der Waals surface area contributed by atoms with Crippen LogP contribution in [0.25, 0.3) is 0 Å². The molecule has 0 aliphatic rings. The third kappa shape index (κ3) is 5.77. The predicted molar refractivity (Wildman–Crippen MR) is 131 cm³/mol. The van der Waals surface area contributed by atoms with Crippen molar-refractivity contribution in [1.29, 1.82) is 0 Å². The second kappa shape index (κ2) is 9.70. The maximum Gasteiger partial charge on any atom is 0.255 e. The summed E-state index contributed by atoms with van der Waals surface area (Å²) in [5, 5.41) is 5.65. The summed E-state index contributed by atoms with van der Waals surface area (Å²) in [6, 6.07) is 28.3. The van der Waals surface area contributed by atoms with Crippen LogP contribution < -0.4 is 21.1 Å². The van der Waals surface area contributed by atoms with Crippen molar-refractivity contribution in [3.05, 3.63) is 114 Å². The van der Waals surface area contributed by atoms with Crippen LogP contribution in [0.4, 0.5) is 17.1 Å². The second-order valence-electron chi connectivity index (χ2n) is 7.55. The number of nitrogens with one attached hydrogen (secondary N) is 2. The van der Waals surface area contributed by atoms with E-state index in [0.29, 0.717) is 33.9 Å². The maximum atomic E-state index is 12.7. The van der Waals surface area contributed by atoms with E-state index >= 15 is 0 Å². The minimum absolute atomic E-state index is 0.281. The Balaban J connectivity index is 1.38. The fourth-order valence-electron chi connectivity index (χ4n) is 3.13. The summed E-state index contributed by atoms with van der Waals surface area (Å²) in [6.45, 7) is 2.02. The smallest absolute Gasteiger partial charge is 0.255 e. The highest BCUT2D eigenvalue weighted by molar-refractivity contribution is 6.07. The van der Waals surface area contributed by atoms with Crippen molar-refractivity contribution in [3.8, 4) is 11.5 Å². The zero-order chi connectivity index (χ0) is 23.2. The van der Waals surface area contributed by atoms with Gasteiger partial charge >= 0.3 is 0 Å². The van der Waals surface area contributed by atoms with E-state index in [0.717, 1.165) is 11.3 Å². The number of hydrogen-bond donors (Lipinski definition) is 3. The molecular weight excluding hydrogens is 414 g/mol. The van der Waals surface area contributed by atoms with Gasteiger partial charge in [0.05, 0.1) is 0 Å². The molecule has 0 saturated heterocycles. The number of rotatable bonds is 6. The summed E-state index contributed by atoms with van der Waals surface area (Å²) in [6.07, 6.45) is 0. The normalized spacial score (nSPS) is 10.3. The lowest BCUT2D eigenvalue weighted by Gasteiger charge is -2.10. The number of carbonyl (C=O) groups excluding carboxylic acids is 2. The largest absolute Gasteiger partial charge is 0.457 e. The molecule has 4 aromatic rings. The molecule has 2 amide bonds. The van der Waals surface area contributed by atoms with Gasteiger partial charge in [0.25, 0.3) is 11.8 Å². The first-order chi connectivity index (χ1) is 16.0. The predicted octanol–water partition coefficient (Wildman–Crippen LogP) is 5.87. The van der Waals surface area contributed by atoms with Gasteiger partial charge in [0.2, 0.25) is 0 Å². The second-order valence-corrected chi connectivity index (χ2v) is 7.55. The zero-order valence-corrected chi connectivity index (χ0v) is 18.0. The lowest BCUT2D eigenvalue weighted by atomic mass is 10.1. The number of anilines is 3. The average Bonchev–Trinajstić information content (AvgIpc) is 2.82. The number of hydrogen-bond acceptors (Lipinski definition) is 4. The van der Waals surface area contributed by atoms with Crippen molar-refractivity contribution in [2.75, 3.05) is 16.4 Å². The lowest BCUT2D eigenvalue weighted by Crippen LogP contribution is -2.14. The van der Waals surface area contributed by atoms with Crippen LogP contribution in [-0.4, -0.2) is 11.8 Å². The molecule has 4 N–H and O–H groups in total. The molecule has 0 aromatic heterocycles. The molecule has 0 atom stereocenters. The van der Waals surface area contributed by atoms with E-state index in [-0.39, 0.29) is 11.8 Å². The Bertz CT molecular complexity index is 1270. The molecule has 164 valence electrons. The van der Waals surface area contributed by atoms with Gasteiger partial charge in [0, 0.05) is 28.2 Å². The van der Waals surface area contributed by atoms with Gasteiger partial charge in [0.15, 0.2) is 0 Å². The van der Waals surface area contributed by atoms with Gasteiger partial charge in [-0.05, 0) is 85.8 Å². The summed E-state index contributed by atoms with van der Waals surface area (Å²) < 4.78 is 5.81. The quantitative estimate of drug-likeness (QED) is 0.329. The van der Waals surface area contributed by atoms with Crippen LogP contribution in [0.3, 0.4) is 0 Å². The van der Waals surface area contributed by atoms with Crippen LogP contribution in [0.5, 0.6) is 11.5 Å². The van der Waals surface area contributed by atoms with E-state index in [1.54, 1.807) is 72.8 Å². The Labute approximate surface area is 192 Å². The summed E-state index contributed by atoms with van der Waals surface area (Å²) in [5.41, 5.74) is 9.46. The Morgan fingerprint density at radius 1 is 0.667 bits per heavy atom. The van der Waals surface area contributed by atoms with E-state index in [4.69, 9.17) is 10.5 Å². The minimum atomic E-state index is -0.286. The first kappa shape index (κ1) is 21.6. The Hall–Kier alpha value is -4.58. The summed E-state index contributed by atoms with van der Waals surface area (Å²) >= 11 is 0. The third-order valence-electron chi connectivity index (χ3n) is 4.92. The Kier molecular flexibility index (Phi) is 6.36. The van der Waals surface area contributed by atoms with Crippen molar-refractivity contribution >= 4 is 28.9 Å². The van der Waals surface area contributed by atoms with Crippen LogP contribution in [0.2, 0.25) is 0 Å². The highest BCUT2D eigenvalue weighted by atomic mass is 16.5. The summed E-state index contributed by atoms with van der Waals surface area (Å²) in [5.74, 6) is 0.849. The summed E-state index contributed by atoms with van der Waals surface area (Å²) in [7, 11) is 0. The number of nitrogen functional groups attached to an aromatic ring is 1. The van der Waals surface area contributed by atoms with E-state index in [2.05, 4.69) is 10.6 Å². The number of nitrogens with two attached hydrogens (primary N) is 1. The van der Waals surface area contributed by atoms with Gasteiger partial charge in [-0.1, -0.05) is 23.8 Å². The van der Waals surface area contributed by atoms with E-state index < -0.39 is 0 Å². The highest BCUT2D eigenvalue weighted by Crippen LogP contribution is 2.24. The van der Waals surface area contributed by atoms with Crippen molar-refractivity contribution in [2.45, 2.75) is 6.92 Å². The van der Waals surface area contributed by atoms with Crippen LogP contribution in [0, 0.1) is 6.92 Å². The van der Waals surface area contributed by atoms with Crippen molar-refractivity contribution in [3.63, 3.8) is 0 Å². The number of ether oxygens (including phenoxy) is 1. The van der Waals surface area contributed by atoms with Crippen LogP contribution >= 0.6 is 0 Å². The van der Waals surface area contributed by atoms with Crippen molar-refractivity contribution in [2.24, 2.45) is 0 Å². The Morgan fingerprint density at radius 3 is 1.91 bits per heavy atom. The molecule has 6 heteroatoms. The molecule has 4 aromatic carbocycles. The summed E-state index contributed by atoms with van der Waals surface area (Å²) in [4.78, 5) is 25.1. The molecule has 0 unspecified atom stereocenters. The third-order valence-corrected chi connectivity index (χ3v) is 4.92. The van der Waals surface area contributed by atoms with Crippen molar-refractivity contribution < 1.29 is 14.3 Å². The fraction of sp³-hybridized carbons (Fsp3) is 0.0370. The first-order valence-corrected chi connectivity index (χ1v) is 10.4. The molecule has 0 spiro atoms. The molecular formula is C27H23N3O3. The zero-order valence-electron chi connectivity index (χ0n) is 18.0. The van der Waals surface area contributed by atoms with Gasteiger partial charge in [-0.3, -0.25) is 9.59 Å². The molecule has 0 bridgehead atoms.